The first-order valence-electron chi connectivity index (χ1n) is 6.64. The number of alkyl carbamates (subject to hydrolysis) is 2. The Morgan fingerprint density at radius 3 is 1.50 bits per heavy atom. The highest BCUT2D eigenvalue weighted by Gasteiger charge is 2.01. The Bertz CT molecular complexity index is 242. The fraction of sp³-hybridized carbons (Fsp3) is 0.833. The Morgan fingerprint density at radius 2 is 1.15 bits per heavy atom. The van der Waals surface area contributed by atoms with Crippen molar-refractivity contribution in [3.8, 4) is 0 Å². The summed E-state index contributed by atoms with van der Waals surface area (Å²) >= 11 is 6.35. The van der Waals surface area contributed by atoms with E-state index in [2.05, 4.69) is 42.5 Å². The van der Waals surface area contributed by atoms with Crippen molar-refractivity contribution in [1.82, 2.24) is 10.6 Å². The second kappa shape index (κ2) is 14.9. The summed E-state index contributed by atoms with van der Waals surface area (Å²) in [5.74, 6) is 0. The van der Waals surface area contributed by atoms with Crippen LogP contribution in [0.5, 0.6) is 0 Å². The second-order valence-electron chi connectivity index (χ2n) is 3.92. The lowest BCUT2D eigenvalue weighted by Crippen LogP contribution is -2.26. The monoisotopic (exact) mass is 416 g/mol. The molecular formula is C12H22Br2N2O4. The molecule has 0 saturated carbocycles. The summed E-state index contributed by atoms with van der Waals surface area (Å²) in [6, 6.07) is 0. The fourth-order valence-corrected chi connectivity index (χ4v) is 1.67. The van der Waals surface area contributed by atoms with Gasteiger partial charge in [0.2, 0.25) is 0 Å². The van der Waals surface area contributed by atoms with Gasteiger partial charge in [0.05, 0.1) is 0 Å². The smallest absolute Gasteiger partial charge is 0.407 e. The van der Waals surface area contributed by atoms with Crippen LogP contribution < -0.4 is 10.6 Å². The van der Waals surface area contributed by atoms with Gasteiger partial charge in [0, 0.05) is 23.7 Å². The normalized spacial score (nSPS) is 9.90. The van der Waals surface area contributed by atoms with Gasteiger partial charge in [-0.25, -0.2) is 9.59 Å². The predicted octanol–water partition coefficient (Wildman–Crippen LogP) is 2.79. The van der Waals surface area contributed by atoms with Crippen molar-refractivity contribution in [2.24, 2.45) is 0 Å². The number of rotatable bonds is 11. The van der Waals surface area contributed by atoms with Crippen molar-refractivity contribution in [1.29, 1.82) is 0 Å². The molecule has 6 nitrogen and oxygen atoms in total. The number of halogens is 2. The highest BCUT2D eigenvalue weighted by molar-refractivity contribution is 9.09. The molecule has 0 unspecified atom stereocenters. The van der Waals surface area contributed by atoms with Crippen LogP contribution >= 0.6 is 31.9 Å². The van der Waals surface area contributed by atoms with E-state index < -0.39 is 0 Å². The van der Waals surface area contributed by atoms with Crippen molar-refractivity contribution in [3.05, 3.63) is 0 Å². The van der Waals surface area contributed by atoms with E-state index in [9.17, 15) is 9.59 Å². The van der Waals surface area contributed by atoms with Crippen LogP contribution in [0.15, 0.2) is 0 Å². The molecule has 0 bridgehead atoms. The molecule has 0 aromatic heterocycles. The van der Waals surface area contributed by atoms with E-state index in [-0.39, 0.29) is 12.2 Å². The van der Waals surface area contributed by atoms with Crippen LogP contribution in [-0.4, -0.2) is 49.1 Å². The van der Waals surface area contributed by atoms with Crippen molar-refractivity contribution in [3.63, 3.8) is 0 Å². The van der Waals surface area contributed by atoms with E-state index in [0.717, 1.165) is 25.7 Å². The van der Waals surface area contributed by atoms with Crippen molar-refractivity contribution >= 4 is 44.0 Å². The Labute approximate surface area is 136 Å². The largest absolute Gasteiger partial charge is 0.449 e. The summed E-state index contributed by atoms with van der Waals surface area (Å²) in [4.78, 5) is 22.2. The van der Waals surface area contributed by atoms with Gasteiger partial charge in [-0.3, -0.25) is 0 Å². The lowest BCUT2D eigenvalue weighted by Gasteiger charge is -2.06. The lowest BCUT2D eigenvalue weighted by atomic mass is 10.2. The zero-order valence-corrected chi connectivity index (χ0v) is 14.6. The van der Waals surface area contributed by atoms with Gasteiger partial charge in [0.1, 0.15) is 13.2 Å². The first-order valence-corrected chi connectivity index (χ1v) is 8.88. The van der Waals surface area contributed by atoms with Crippen LogP contribution in [0.2, 0.25) is 0 Å². The molecule has 0 aliphatic heterocycles. The molecule has 0 spiro atoms. The van der Waals surface area contributed by atoms with E-state index in [1.165, 1.54) is 0 Å². The number of carbonyl (C=O) groups is 2. The van der Waals surface area contributed by atoms with Crippen LogP contribution in [0.4, 0.5) is 9.59 Å². The van der Waals surface area contributed by atoms with Gasteiger partial charge >= 0.3 is 12.2 Å². The predicted molar refractivity (Wildman–Crippen MR) is 84.8 cm³/mol. The molecule has 20 heavy (non-hydrogen) atoms. The number of ether oxygens (including phenoxy) is 2. The quantitative estimate of drug-likeness (QED) is 0.400. The summed E-state index contributed by atoms with van der Waals surface area (Å²) in [6.07, 6.45) is 3.05. The minimum Gasteiger partial charge on any atom is -0.449 e. The van der Waals surface area contributed by atoms with E-state index >= 15 is 0 Å². The zero-order valence-electron chi connectivity index (χ0n) is 11.5. The molecule has 0 rings (SSSR count). The van der Waals surface area contributed by atoms with E-state index in [0.29, 0.717) is 37.0 Å². The first kappa shape index (κ1) is 19.5. The third kappa shape index (κ3) is 13.9. The van der Waals surface area contributed by atoms with E-state index in [4.69, 9.17) is 9.47 Å². The van der Waals surface area contributed by atoms with Crippen LogP contribution in [0, 0.1) is 0 Å². The van der Waals surface area contributed by atoms with Gasteiger partial charge < -0.3 is 20.1 Å². The van der Waals surface area contributed by atoms with Gasteiger partial charge in [-0.15, -0.1) is 0 Å². The highest BCUT2D eigenvalue weighted by Crippen LogP contribution is 1.98. The number of hydrogen-bond acceptors (Lipinski definition) is 4. The molecule has 118 valence electrons. The maximum absolute atomic E-state index is 11.1. The van der Waals surface area contributed by atoms with Gasteiger partial charge in [-0.1, -0.05) is 44.7 Å². The standard InChI is InChI=1S/C12H22Br2N2O4/c13-5-9-19-11(17)15-7-3-1-2-4-8-16-12(18)20-10-6-14/h1-10H2,(H,15,17)(H,16,18). The molecule has 0 saturated heterocycles. The third-order valence-corrected chi connectivity index (χ3v) is 2.91. The van der Waals surface area contributed by atoms with Gasteiger partial charge in [0.25, 0.3) is 0 Å². The van der Waals surface area contributed by atoms with E-state index in [1.807, 2.05) is 0 Å². The maximum Gasteiger partial charge on any atom is 0.407 e. The van der Waals surface area contributed by atoms with Crippen LogP contribution in [0.25, 0.3) is 0 Å². The number of carbonyl (C=O) groups excluding carboxylic acids is 2. The molecule has 0 aliphatic rings. The molecule has 0 fully saturated rings. The average Bonchev–Trinajstić information content (AvgIpc) is 2.45. The van der Waals surface area contributed by atoms with Crippen LogP contribution in [-0.2, 0) is 9.47 Å². The van der Waals surface area contributed by atoms with E-state index in [1.54, 1.807) is 0 Å². The number of alkyl halides is 2. The van der Waals surface area contributed by atoms with Crippen LogP contribution in [0.1, 0.15) is 25.7 Å². The van der Waals surface area contributed by atoms with Crippen molar-refractivity contribution in [2.75, 3.05) is 37.0 Å². The number of unbranched alkanes of at least 4 members (excludes halogenated alkanes) is 3. The number of amides is 2. The number of nitrogens with one attached hydrogen (secondary N) is 2. The Morgan fingerprint density at radius 1 is 0.750 bits per heavy atom. The summed E-state index contributed by atoms with van der Waals surface area (Å²) in [5.41, 5.74) is 0. The Balaban J connectivity index is 3.20. The van der Waals surface area contributed by atoms with Crippen molar-refractivity contribution in [2.45, 2.75) is 25.7 Å². The van der Waals surface area contributed by atoms with Crippen molar-refractivity contribution < 1.29 is 19.1 Å². The van der Waals surface area contributed by atoms with Gasteiger partial charge in [-0.2, -0.15) is 0 Å². The summed E-state index contributed by atoms with van der Waals surface area (Å²) in [6.45, 7) is 1.98. The molecule has 0 aliphatic carbocycles. The summed E-state index contributed by atoms with van der Waals surface area (Å²) in [7, 11) is 0. The first-order chi connectivity index (χ1) is 9.70. The minimum atomic E-state index is -0.374. The summed E-state index contributed by atoms with van der Waals surface area (Å²) < 4.78 is 9.67. The minimum absolute atomic E-state index is 0.374. The van der Waals surface area contributed by atoms with Crippen LogP contribution in [0.3, 0.4) is 0 Å². The molecule has 2 amide bonds. The highest BCUT2D eigenvalue weighted by atomic mass is 79.9. The molecule has 0 atom stereocenters. The van der Waals surface area contributed by atoms with Gasteiger partial charge in [-0.05, 0) is 12.8 Å². The lowest BCUT2D eigenvalue weighted by molar-refractivity contribution is 0.152. The number of hydrogen-bond donors (Lipinski definition) is 2. The topological polar surface area (TPSA) is 76.7 Å². The molecule has 0 heterocycles. The average molecular weight is 418 g/mol. The Hall–Kier alpha value is -0.500. The molecule has 0 radical (unpaired) electrons. The summed E-state index contributed by atoms with van der Waals surface area (Å²) in [5, 5.41) is 6.64. The molecule has 8 heteroatoms. The maximum atomic E-state index is 11.1. The fourth-order valence-electron chi connectivity index (χ4n) is 1.35. The SMILES string of the molecule is O=C(NCCCCCCNC(=O)OCCBr)OCCBr. The molecular weight excluding hydrogens is 396 g/mol. The molecule has 0 aromatic carbocycles. The zero-order chi connectivity index (χ0) is 15.1. The second-order valence-corrected chi connectivity index (χ2v) is 5.50. The third-order valence-electron chi connectivity index (χ3n) is 2.26. The Kier molecular flexibility index (Phi) is 14.5. The van der Waals surface area contributed by atoms with Gasteiger partial charge in [0.15, 0.2) is 0 Å². The molecule has 2 N–H and O–H groups in total. The molecule has 0 aromatic rings.